The van der Waals surface area contributed by atoms with Crippen LogP contribution in [0.5, 0.6) is 0 Å². The first-order chi connectivity index (χ1) is 12.5. The van der Waals surface area contributed by atoms with E-state index in [4.69, 9.17) is 0 Å². The highest BCUT2D eigenvalue weighted by Gasteiger charge is 2.11. The molecule has 2 aromatic rings. The Hall–Kier alpha value is -2.82. The van der Waals surface area contributed by atoms with Crippen LogP contribution in [0, 0.1) is 6.92 Å². The van der Waals surface area contributed by atoms with Gasteiger partial charge >= 0.3 is 0 Å². The Morgan fingerprint density at radius 2 is 1.69 bits per heavy atom. The van der Waals surface area contributed by atoms with Gasteiger partial charge in [-0.05, 0) is 57.5 Å². The van der Waals surface area contributed by atoms with Gasteiger partial charge in [0.15, 0.2) is 0 Å². The van der Waals surface area contributed by atoms with Gasteiger partial charge in [0.1, 0.15) is 6.04 Å². The number of aryl methyl sites for hydroxylation is 1. The van der Waals surface area contributed by atoms with Gasteiger partial charge in [-0.3, -0.25) is 4.79 Å². The molecule has 138 valence electrons. The summed E-state index contributed by atoms with van der Waals surface area (Å²) in [5, 5.41) is 7.21. The van der Waals surface area contributed by atoms with Crippen molar-refractivity contribution in [1.29, 1.82) is 0 Å². The molecule has 2 rings (SSSR count). The Kier molecular flexibility index (Phi) is 7.21. The summed E-state index contributed by atoms with van der Waals surface area (Å²) < 4.78 is 0. The molecule has 5 nitrogen and oxygen atoms in total. The number of hydrogen-bond acceptors (Lipinski definition) is 4. The first kappa shape index (κ1) is 19.5. The molecule has 26 heavy (non-hydrogen) atoms. The normalized spacial score (nSPS) is 12.0. The molecule has 2 aromatic carbocycles. The number of amides is 1. The van der Waals surface area contributed by atoms with E-state index in [1.165, 1.54) is 11.3 Å². The molecule has 5 heteroatoms. The van der Waals surface area contributed by atoms with Crippen LogP contribution in [0.2, 0.25) is 0 Å². The average Bonchev–Trinajstić information content (AvgIpc) is 2.65. The van der Waals surface area contributed by atoms with E-state index in [9.17, 15) is 4.79 Å². The molecule has 2 N–H and O–H groups in total. The zero-order valence-corrected chi connectivity index (χ0v) is 16.0. The minimum Gasteiger partial charge on any atom is -0.374 e. The lowest BCUT2D eigenvalue weighted by Gasteiger charge is -2.20. The molecule has 1 atom stereocenters. The van der Waals surface area contributed by atoms with Crippen molar-refractivity contribution >= 4 is 23.5 Å². The first-order valence-corrected chi connectivity index (χ1v) is 9.04. The van der Waals surface area contributed by atoms with Gasteiger partial charge in [-0.25, -0.2) is 5.43 Å². The van der Waals surface area contributed by atoms with Crippen molar-refractivity contribution in [3.05, 3.63) is 59.7 Å². The highest BCUT2D eigenvalue weighted by atomic mass is 16.2. The fourth-order valence-corrected chi connectivity index (χ4v) is 2.59. The van der Waals surface area contributed by atoms with Crippen molar-refractivity contribution < 1.29 is 4.79 Å². The minimum absolute atomic E-state index is 0.179. The van der Waals surface area contributed by atoms with Crippen molar-refractivity contribution in [1.82, 2.24) is 5.43 Å². The van der Waals surface area contributed by atoms with Gasteiger partial charge < -0.3 is 10.2 Å². The van der Waals surface area contributed by atoms with Crippen LogP contribution in [0.3, 0.4) is 0 Å². The van der Waals surface area contributed by atoms with E-state index in [0.29, 0.717) is 0 Å². The molecule has 0 saturated heterocycles. The lowest BCUT2D eigenvalue weighted by Crippen LogP contribution is -2.34. The molecule has 0 spiro atoms. The Balaban J connectivity index is 1.86. The quantitative estimate of drug-likeness (QED) is 0.561. The van der Waals surface area contributed by atoms with Crippen LogP contribution in [-0.2, 0) is 4.79 Å². The second-order valence-corrected chi connectivity index (χ2v) is 6.23. The van der Waals surface area contributed by atoms with E-state index >= 15 is 0 Å². The number of hydrogen-bond donors (Lipinski definition) is 2. The van der Waals surface area contributed by atoms with E-state index in [0.717, 1.165) is 24.3 Å². The van der Waals surface area contributed by atoms with Gasteiger partial charge in [0.05, 0.1) is 6.21 Å². The summed E-state index contributed by atoms with van der Waals surface area (Å²) in [6.45, 7) is 10.1. The van der Waals surface area contributed by atoms with E-state index in [2.05, 4.69) is 46.7 Å². The molecule has 0 aliphatic heterocycles. The number of benzene rings is 2. The summed E-state index contributed by atoms with van der Waals surface area (Å²) in [6, 6.07) is 15.7. The van der Waals surface area contributed by atoms with E-state index in [-0.39, 0.29) is 11.9 Å². The molecule has 0 aliphatic carbocycles. The summed E-state index contributed by atoms with van der Waals surface area (Å²) in [7, 11) is 0. The van der Waals surface area contributed by atoms with Crippen molar-refractivity contribution in [2.24, 2.45) is 5.10 Å². The molecule has 1 amide bonds. The maximum Gasteiger partial charge on any atom is 0.262 e. The Bertz CT molecular complexity index is 719. The summed E-state index contributed by atoms with van der Waals surface area (Å²) in [6.07, 6.45) is 1.66. The molecular formula is C21H28N4O. The van der Waals surface area contributed by atoms with Crippen LogP contribution in [0.1, 0.15) is 31.9 Å². The Morgan fingerprint density at radius 1 is 1.08 bits per heavy atom. The van der Waals surface area contributed by atoms with Gasteiger partial charge in [-0.1, -0.05) is 29.8 Å². The second kappa shape index (κ2) is 9.61. The average molecular weight is 352 g/mol. The zero-order valence-electron chi connectivity index (χ0n) is 16.0. The van der Waals surface area contributed by atoms with E-state index in [1.807, 2.05) is 50.2 Å². The van der Waals surface area contributed by atoms with Crippen molar-refractivity contribution in [2.75, 3.05) is 23.3 Å². The van der Waals surface area contributed by atoms with Crippen molar-refractivity contribution in [2.45, 2.75) is 33.7 Å². The maximum absolute atomic E-state index is 12.1. The van der Waals surface area contributed by atoms with Crippen LogP contribution >= 0.6 is 0 Å². The van der Waals surface area contributed by atoms with Crippen LogP contribution in [0.15, 0.2) is 53.6 Å². The Labute approximate surface area is 156 Å². The standard InChI is InChI=1S/C21H28N4O/c1-5-25(6-2)20-13-9-18(10-14-20)15-22-24-21(26)17(4)23-19-11-7-16(3)8-12-19/h7-15,17,23H,5-6H2,1-4H3,(H,24,26)/b22-15-/t17-/m0/s1. The van der Waals surface area contributed by atoms with Gasteiger partial charge in [0.25, 0.3) is 5.91 Å². The molecule has 0 fully saturated rings. The first-order valence-electron chi connectivity index (χ1n) is 9.04. The van der Waals surface area contributed by atoms with Gasteiger partial charge in [0, 0.05) is 24.5 Å². The SMILES string of the molecule is CCN(CC)c1ccc(/C=N\NC(=O)[C@H](C)Nc2ccc(C)cc2)cc1. The maximum atomic E-state index is 12.1. The number of nitrogens with zero attached hydrogens (tertiary/aromatic N) is 2. The molecule has 0 unspecified atom stereocenters. The topological polar surface area (TPSA) is 56.7 Å². The van der Waals surface area contributed by atoms with E-state index in [1.54, 1.807) is 6.21 Å². The number of anilines is 2. The van der Waals surface area contributed by atoms with Crippen LogP contribution in [0.25, 0.3) is 0 Å². The predicted molar refractivity (Wildman–Crippen MR) is 110 cm³/mol. The third-order valence-electron chi connectivity index (χ3n) is 4.24. The summed E-state index contributed by atoms with van der Waals surface area (Å²) >= 11 is 0. The molecule has 0 bridgehead atoms. The summed E-state index contributed by atoms with van der Waals surface area (Å²) in [4.78, 5) is 14.4. The third kappa shape index (κ3) is 5.62. The van der Waals surface area contributed by atoms with Crippen LogP contribution in [-0.4, -0.2) is 31.3 Å². The fourth-order valence-electron chi connectivity index (χ4n) is 2.59. The van der Waals surface area contributed by atoms with Crippen LogP contribution < -0.4 is 15.6 Å². The summed E-state index contributed by atoms with van der Waals surface area (Å²) in [5.74, 6) is -0.179. The van der Waals surface area contributed by atoms with Gasteiger partial charge in [-0.15, -0.1) is 0 Å². The monoisotopic (exact) mass is 352 g/mol. The molecule has 0 heterocycles. The third-order valence-corrected chi connectivity index (χ3v) is 4.24. The number of carbonyl (C=O) groups is 1. The van der Waals surface area contributed by atoms with Gasteiger partial charge in [0.2, 0.25) is 0 Å². The van der Waals surface area contributed by atoms with Crippen molar-refractivity contribution in [3.63, 3.8) is 0 Å². The minimum atomic E-state index is -0.375. The van der Waals surface area contributed by atoms with E-state index < -0.39 is 0 Å². The summed E-state index contributed by atoms with van der Waals surface area (Å²) in [5.41, 5.74) is 6.81. The second-order valence-electron chi connectivity index (χ2n) is 6.23. The lowest BCUT2D eigenvalue weighted by molar-refractivity contribution is -0.121. The number of nitrogens with one attached hydrogen (secondary N) is 2. The van der Waals surface area contributed by atoms with Gasteiger partial charge in [-0.2, -0.15) is 5.10 Å². The highest BCUT2D eigenvalue weighted by Crippen LogP contribution is 2.14. The highest BCUT2D eigenvalue weighted by molar-refractivity contribution is 5.86. The number of rotatable bonds is 8. The molecule has 0 saturated carbocycles. The zero-order chi connectivity index (χ0) is 18.9. The van der Waals surface area contributed by atoms with Crippen LogP contribution in [0.4, 0.5) is 11.4 Å². The largest absolute Gasteiger partial charge is 0.374 e. The number of carbonyl (C=O) groups excluding carboxylic acids is 1. The molecular weight excluding hydrogens is 324 g/mol. The molecule has 0 aliphatic rings. The lowest BCUT2D eigenvalue weighted by atomic mass is 10.2. The molecule has 0 aromatic heterocycles. The van der Waals surface area contributed by atoms with Crippen molar-refractivity contribution in [3.8, 4) is 0 Å². The number of hydrazone groups is 1. The Morgan fingerprint density at radius 3 is 2.27 bits per heavy atom. The fraction of sp³-hybridized carbons (Fsp3) is 0.333. The smallest absolute Gasteiger partial charge is 0.262 e. The molecule has 0 radical (unpaired) electrons. The predicted octanol–water partition coefficient (Wildman–Crippen LogP) is 3.79.